The fourth-order valence-electron chi connectivity index (χ4n) is 8.71. The number of Topliss-reactive ketones (excluding diaryl/α,β-unsaturated/α-hetero) is 1. The van der Waals surface area contributed by atoms with Crippen LogP contribution in [0.5, 0.6) is 0 Å². The second-order valence-corrected chi connectivity index (χ2v) is 22.1. The predicted molar refractivity (Wildman–Crippen MR) is 259 cm³/mol. The lowest BCUT2D eigenvalue weighted by Gasteiger charge is -2.43. The molecule has 15 nitrogen and oxygen atoms in total. The molecule has 0 amide bonds. The minimum atomic E-state index is -3.98. The molecule has 4 aromatic carbocycles. The van der Waals surface area contributed by atoms with Gasteiger partial charge in [-0.1, -0.05) is 72.4 Å². The lowest BCUT2D eigenvalue weighted by Crippen LogP contribution is -2.56. The third-order valence-corrected chi connectivity index (χ3v) is 17.7. The van der Waals surface area contributed by atoms with E-state index in [1.54, 1.807) is 48.5 Å². The summed E-state index contributed by atoms with van der Waals surface area (Å²) in [7, 11) is -7.88. The van der Waals surface area contributed by atoms with Crippen molar-refractivity contribution in [1.82, 2.24) is 28.6 Å². The molecule has 2 aliphatic carbocycles. The van der Waals surface area contributed by atoms with E-state index in [1.807, 2.05) is 0 Å². The number of benzene rings is 4. The Kier molecular flexibility index (Phi) is 16.5. The van der Waals surface area contributed by atoms with Gasteiger partial charge in [-0.15, -0.1) is 10.2 Å². The van der Waals surface area contributed by atoms with Gasteiger partial charge in [0.05, 0.1) is 41.1 Å². The smallest absolute Gasteiger partial charge is 0.314 e. The molecule has 3 heterocycles. The number of alkyl halides is 2. The maximum absolute atomic E-state index is 13.9. The summed E-state index contributed by atoms with van der Waals surface area (Å²) in [6, 6.07) is 21.9. The van der Waals surface area contributed by atoms with Crippen molar-refractivity contribution >= 4 is 60.8 Å². The van der Waals surface area contributed by atoms with E-state index >= 15 is 0 Å². The molecule has 376 valence electrons. The number of nitrogens with zero attached hydrogens (tertiary/aromatic N) is 8. The van der Waals surface area contributed by atoms with E-state index in [4.69, 9.17) is 33.4 Å². The zero-order chi connectivity index (χ0) is 49.7. The quantitative estimate of drug-likeness (QED) is 0.0753. The number of nitrogens with two attached hydrogens (primary N) is 1. The number of anilines is 2. The molecule has 0 atom stereocenters. The highest BCUT2D eigenvalue weighted by Gasteiger charge is 2.38. The van der Waals surface area contributed by atoms with Crippen LogP contribution in [0, 0.1) is 11.6 Å². The van der Waals surface area contributed by atoms with Crippen LogP contribution in [0.2, 0.25) is 10.0 Å². The van der Waals surface area contributed by atoms with E-state index in [-0.39, 0.29) is 52.7 Å². The van der Waals surface area contributed by atoms with Crippen LogP contribution in [0.1, 0.15) is 72.3 Å². The molecule has 23 heteroatoms. The summed E-state index contributed by atoms with van der Waals surface area (Å²) in [4.78, 5) is 16.5. The minimum Gasteiger partial charge on any atom is -0.415 e. The highest BCUT2D eigenvalue weighted by molar-refractivity contribution is 7.90. The van der Waals surface area contributed by atoms with E-state index in [0.29, 0.717) is 86.7 Å². The van der Waals surface area contributed by atoms with Gasteiger partial charge < -0.3 is 10.2 Å². The average molecular weight is 1050 g/mol. The number of rotatable bonds is 16. The summed E-state index contributed by atoms with van der Waals surface area (Å²) in [5.74, 6) is -2.30. The van der Waals surface area contributed by atoms with Gasteiger partial charge in [0.2, 0.25) is 5.89 Å². The summed E-state index contributed by atoms with van der Waals surface area (Å²) >= 11 is 12.0. The number of halogens is 6. The van der Waals surface area contributed by atoms with Crippen molar-refractivity contribution in [2.24, 2.45) is 5.73 Å². The molecular weight excluding hydrogens is 998 g/mol. The van der Waals surface area contributed by atoms with Crippen molar-refractivity contribution in [2.75, 3.05) is 67.5 Å². The monoisotopic (exact) mass is 1050 g/mol. The van der Waals surface area contributed by atoms with E-state index in [2.05, 4.69) is 20.0 Å². The first-order valence-corrected chi connectivity index (χ1v) is 26.5. The molecule has 0 radical (unpaired) electrons. The lowest BCUT2D eigenvalue weighted by molar-refractivity contribution is 0.0888. The summed E-state index contributed by atoms with van der Waals surface area (Å²) < 4.78 is 119. The molecule has 1 aromatic heterocycles. The van der Waals surface area contributed by atoms with Gasteiger partial charge in [0.1, 0.15) is 11.6 Å². The molecular formula is C47H53Cl2F4N9O6S2. The van der Waals surface area contributed by atoms with Crippen LogP contribution in [0.15, 0.2) is 89.3 Å². The van der Waals surface area contributed by atoms with Gasteiger partial charge >= 0.3 is 26.8 Å². The zero-order valence-electron chi connectivity index (χ0n) is 38.0. The van der Waals surface area contributed by atoms with Crippen LogP contribution in [-0.2, 0) is 33.5 Å². The van der Waals surface area contributed by atoms with Gasteiger partial charge in [-0.3, -0.25) is 23.2 Å². The van der Waals surface area contributed by atoms with Crippen LogP contribution in [0.3, 0.4) is 0 Å². The number of ketones is 1. The molecule has 0 spiro atoms. The first kappa shape index (κ1) is 51.6. The van der Waals surface area contributed by atoms with Crippen molar-refractivity contribution in [3.05, 3.63) is 129 Å². The fourth-order valence-corrected chi connectivity index (χ4v) is 12.3. The first-order valence-electron chi connectivity index (χ1n) is 23.0. The Labute approximate surface area is 415 Å². The molecule has 2 aliphatic heterocycles. The largest absolute Gasteiger partial charge is 0.415 e. The number of hydrogen-bond donors (Lipinski definition) is 1. The van der Waals surface area contributed by atoms with Crippen molar-refractivity contribution in [2.45, 2.75) is 70.1 Å². The number of carbonyl (C=O) groups excluding carboxylic acids is 1. The number of piperazine rings is 2. The van der Waals surface area contributed by atoms with Crippen LogP contribution in [0.25, 0.3) is 11.5 Å². The minimum absolute atomic E-state index is 0.0181. The summed E-state index contributed by atoms with van der Waals surface area (Å²) in [5.41, 5.74) is 8.09. The molecule has 5 aromatic rings. The van der Waals surface area contributed by atoms with Crippen LogP contribution < -0.4 is 14.3 Å². The maximum atomic E-state index is 13.9. The van der Waals surface area contributed by atoms with Crippen molar-refractivity contribution in [1.29, 1.82) is 0 Å². The lowest BCUT2D eigenvalue weighted by atomic mass is 9.91. The molecule has 2 saturated heterocycles. The Morgan fingerprint density at radius 3 is 1.44 bits per heavy atom. The van der Waals surface area contributed by atoms with Gasteiger partial charge in [-0.2, -0.15) is 34.2 Å². The topological polar surface area (TPSA) is 170 Å². The number of hydrogen-bond acceptors (Lipinski definition) is 11. The second kappa shape index (κ2) is 22.4. The molecule has 9 rings (SSSR count). The number of aromatic nitrogens is 2. The standard InChI is InChI=1S/C24H25ClF3N5O3S.C23H28ClFN4O3S/c25-20-14-19(8-9-21(20)26)33(37(34,35)32-12-10-31(11-13-32)18-2-1-3-18)15-16-4-6-17(7-5-16)23-29-30-24(36-23)22(27)28;24-21-14-20(8-9-22(21)25)29(16-17-4-6-18(7-5-17)23(30)15-26)33(31,32)28-12-10-27(11-13-28)19-2-1-3-19/h4-9,14,18,22H,1-3,10-13,15H2;4-9,14,19H,1-3,10-13,15-16,26H2. The highest BCUT2D eigenvalue weighted by Crippen LogP contribution is 2.33. The van der Waals surface area contributed by atoms with Crippen LogP contribution >= 0.6 is 23.2 Å². The van der Waals surface area contributed by atoms with E-state index in [0.717, 1.165) is 25.0 Å². The molecule has 4 aliphatic rings. The molecule has 0 unspecified atom stereocenters. The average Bonchev–Trinajstić information content (AvgIpc) is 3.83. The highest BCUT2D eigenvalue weighted by atomic mass is 35.5. The van der Waals surface area contributed by atoms with Gasteiger partial charge in [0.25, 0.3) is 5.89 Å². The Morgan fingerprint density at radius 1 is 0.657 bits per heavy atom. The van der Waals surface area contributed by atoms with Crippen molar-refractivity contribution < 1.29 is 43.6 Å². The molecule has 2 saturated carbocycles. The third-order valence-electron chi connectivity index (χ3n) is 13.3. The summed E-state index contributed by atoms with van der Waals surface area (Å²) in [6.45, 7) is 4.06. The summed E-state index contributed by atoms with van der Waals surface area (Å²) in [6.07, 6.45) is 4.22. The number of carbonyl (C=O) groups is 1. The first-order chi connectivity index (χ1) is 33.5. The Balaban J connectivity index is 0.000000190. The van der Waals surface area contributed by atoms with Crippen LogP contribution in [0.4, 0.5) is 28.9 Å². The van der Waals surface area contributed by atoms with Gasteiger partial charge in [0.15, 0.2) is 5.78 Å². The second-order valence-electron chi connectivity index (χ2n) is 17.5. The zero-order valence-corrected chi connectivity index (χ0v) is 41.2. The van der Waals surface area contributed by atoms with Crippen molar-refractivity contribution in [3.8, 4) is 11.5 Å². The molecule has 2 N–H and O–H groups in total. The van der Waals surface area contributed by atoms with Gasteiger partial charge in [0, 0.05) is 75.6 Å². The van der Waals surface area contributed by atoms with Gasteiger partial charge in [-0.25, -0.2) is 8.78 Å². The SMILES string of the molecule is NCC(=O)c1ccc(CN(c2ccc(F)c(Cl)c2)S(=O)(=O)N2CCN(C3CCC3)CC2)cc1.O=S(=O)(N1CCN(C2CCC2)CC1)N(Cc1ccc(-c2nnc(C(F)F)o2)cc1)c1ccc(F)c(Cl)c1. The Hall–Kier alpha value is -4.71. The molecule has 0 bridgehead atoms. The molecule has 70 heavy (non-hydrogen) atoms. The van der Waals surface area contributed by atoms with Crippen LogP contribution in [-0.4, -0.2) is 122 Å². The Bertz CT molecular complexity index is 2830. The van der Waals surface area contributed by atoms with Gasteiger partial charge in [-0.05, 0) is 85.3 Å². The Morgan fingerprint density at radius 2 is 1.09 bits per heavy atom. The fraction of sp³-hybridized carbons (Fsp3) is 0.426. The summed E-state index contributed by atoms with van der Waals surface area (Å²) in [5, 5.41) is 6.62. The maximum Gasteiger partial charge on any atom is 0.314 e. The van der Waals surface area contributed by atoms with E-state index in [1.165, 1.54) is 67.2 Å². The third kappa shape index (κ3) is 11.8. The van der Waals surface area contributed by atoms with E-state index < -0.39 is 44.4 Å². The van der Waals surface area contributed by atoms with Crippen molar-refractivity contribution in [3.63, 3.8) is 0 Å². The molecule has 4 fully saturated rings. The predicted octanol–water partition coefficient (Wildman–Crippen LogP) is 7.93. The normalized spacial score (nSPS) is 17.9. The van der Waals surface area contributed by atoms with E-state index in [9.17, 15) is 39.2 Å².